The average molecular weight is 197 g/mol. The van der Waals surface area contributed by atoms with Crippen molar-refractivity contribution in [3.8, 4) is 17.4 Å². The number of aryl methyl sites for hydroxylation is 1. The Morgan fingerprint density at radius 3 is 2.80 bits per heavy atom. The van der Waals surface area contributed by atoms with E-state index in [4.69, 9.17) is 9.68 Å². The second-order valence-electron chi connectivity index (χ2n) is 3.32. The van der Waals surface area contributed by atoms with Gasteiger partial charge in [-0.2, -0.15) is 5.26 Å². The van der Waals surface area contributed by atoms with E-state index in [2.05, 4.69) is 13.0 Å². The Morgan fingerprint density at radius 2 is 2.20 bits per heavy atom. The number of benzene rings is 1. The van der Waals surface area contributed by atoms with E-state index in [1.165, 1.54) is 5.56 Å². The number of rotatable bonds is 2. The van der Waals surface area contributed by atoms with Gasteiger partial charge in [0.2, 0.25) is 0 Å². The highest BCUT2D eigenvalue weighted by Crippen LogP contribution is 2.24. The maximum atomic E-state index is 9.05. The molecule has 0 amide bonds. The van der Waals surface area contributed by atoms with Crippen molar-refractivity contribution in [2.45, 2.75) is 13.3 Å². The van der Waals surface area contributed by atoms with Gasteiger partial charge in [-0.1, -0.05) is 13.0 Å². The Morgan fingerprint density at radius 1 is 1.33 bits per heavy atom. The van der Waals surface area contributed by atoms with Crippen LogP contribution < -0.4 is 0 Å². The van der Waals surface area contributed by atoms with E-state index >= 15 is 0 Å². The van der Waals surface area contributed by atoms with E-state index in [1.807, 2.05) is 30.3 Å². The molecule has 0 aliphatic heterocycles. The lowest BCUT2D eigenvalue weighted by Crippen LogP contribution is -1.86. The fraction of sp³-hybridized carbons (Fsp3) is 0.154. The third kappa shape index (κ3) is 1.77. The molecule has 74 valence electrons. The number of nitriles is 1. The molecule has 0 fully saturated rings. The van der Waals surface area contributed by atoms with Crippen LogP contribution in [0.3, 0.4) is 0 Å². The molecule has 1 aromatic carbocycles. The molecule has 2 aromatic rings. The number of furan rings is 1. The first kappa shape index (κ1) is 9.54. The van der Waals surface area contributed by atoms with Gasteiger partial charge >= 0.3 is 0 Å². The summed E-state index contributed by atoms with van der Waals surface area (Å²) in [5.74, 6) is 0.745. The average Bonchev–Trinajstić information content (AvgIpc) is 2.81. The summed E-state index contributed by atoms with van der Waals surface area (Å²) in [6.45, 7) is 2.07. The molecule has 0 atom stereocenters. The van der Waals surface area contributed by atoms with Gasteiger partial charge in [0.1, 0.15) is 5.76 Å². The van der Waals surface area contributed by atoms with E-state index in [0.717, 1.165) is 17.7 Å². The first-order valence-corrected chi connectivity index (χ1v) is 4.92. The normalized spacial score (nSPS) is 9.87. The highest BCUT2D eigenvalue weighted by molar-refractivity contribution is 5.66. The SMILES string of the molecule is CCc1ccc(-c2ccco2)c(C#N)c1. The first-order chi connectivity index (χ1) is 7.35. The molecule has 1 aromatic heterocycles. The third-order valence-electron chi connectivity index (χ3n) is 2.40. The second-order valence-corrected chi connectivity index (χ2v) is 3.32. The fourth-order valence-corrected chi connectivity index (χ4v) is 1.55. The lowest BCUT2D eigenvalue weighted by atomic mass is 10.0. The van der Waals surface area contributed by atoms with Crippen molar-refractivity contribution in [3.63, 3.8) is 0 Å². The molecular weight excluding hydrogens is 186 g/mol. The Kier molecular flexibility index (Phi) is 2.55. The highest BCUT2D eigenvalue weighted by Gasteiger charge is 2.07. The molecule has 0 aliphatic rings. The number of hydrogen-bond acceptors (Lipinski definition) is 2. The van der Waals surface area contributed by atoms with Crippen LogP contribution in [0.1, 0.15) is 18.1 Å². The van der Waals surface area contributed by atoms with Crippen LogP contribution >= 0.6 is 0 Å². The van der Waals surface area contributed by atoms with Gasteiger partial charge in [-0.3, -0.25) is 0 Å². The zero-order valence-corrected chi connectivity index (χ0v) is 8.53. The smallest absolute Gasteiger partial charge is 0.135 e. The molecule has 0 saturated heterocycles. The van der Waals surface area contributed by atoms with Crippen molar-refractivity contribution in [2.24, 2.45) is 0 Å². The van der Waals surface area contributed by atoms with Gasteiger partial charge in [0, 0.05) is 5.56 Å². The van der Waals surface area contributed by atoms with Crippen molar-refractivity contribution in [1.82, 2.24) is 0 Å². The Labute approximate surface area is 88.8 Å². The van der Waals surface area contributed by atoms with Gasteiger partial charge in [0.25, 0.3) is 0 Å². The zero-order chi connectivity index (χ0) is 10.7. The molecule has 0 aliphatic carbocycles. The minimum absolute atomic E-state index is 0.671. The van der Waals surface area contributed by atoms with Crippen LogP contribution in [-0.4, -0.2) is 0 Å². The van der Waals surface area contributed by atoms with Crippen LogP contribution in [0.15, 0.2) is 41.0 Å². The van der Waals surface area contributed by atoms with Crippen molar-refractivity contribution >= 4 is 0 Å². The summed E-state index contributed by atoms with van der Waals surface area (Å²) in [7, 11) is 0. The van der Waals surface area contributed by atoms with Gasteiger partial charge in [-0.05, 0) is 36.2 Å². The first-order valence-electron chi connectivity index (χ1n) is 4.92. The van der Waals surface area contributed by atoms with E-state index in [9.17, 15) is 0 Å². The van der Waals surface area contributed by atoms with Crippen LogP contribution in [0.25, 0.3) is 11.3 Å². The van der Waals surface area contributed by atoms with Crippen LogP contribution in [0.5, 0.6) is 0 Å². The molecule has 0 unspecified atom stereocenters. The molecule has 2 heteroatoms. The van der Waals surface area contributed by atoms with Crippen LogP contribution in [0.2, 0.25) is 0 Å². The van der Waals surface area contributed by atoms with Crippen molar-refractivity contribution < 1.29 is 4.42 Å². The number of nitrogens with zero attached hydrogens (tertiary/aromatic N) is 1. The zero-order valence-electron chi connectivity index (χ0n) is 8.53. The van der Waals surface area contributed by atoms with Crippen LogP contribution in [0.4, 0.5) is 0 Å². The molecule has 0 bridgehead atoms. The molecule has 2 rings (SSSR count). The summed E-state index contributed by atoms with van der Waals surface area (Å²) in [5.41, 5.74) is 2.70. The predicted octanol–water partition coefficient (Wildman–Crippen LogP) is 3.38. The third-order valence-corrected chi connectivity index (χ3v) is 2.40. The molecule has 0 N–H and O–H groups in total. The Bertz CT molecular complexity index is 492. The van der Waals surface area contributed by atoms with E-state index < -0.39 is 0 Å². The van der Waals surface area contributed by atoms with Crippen molar-refractivity contribution in [3.05, 3.63) is 47.7 Å². The summed E-state index contributed by atoms with van der Waals surface area (Å²) in [4.78, 5) is 0. The molecule has 15 heavy (non-hydrogen) atoms. The van der Waals surface area contributed by atoms with E-state index in [1.54, 1.807) is 6.26 Å². The molecule has 0 radical (unpaired) electrons. The summed E-state index contributed by atoms with van der Waals surface area (Å²) in [6.07, 6.45) is 2.55. The van der Waals surface area contributed by atoms with Crippen molar-refractivity contribution in [2.75, 3.05) is 0 Å². The monoisotopic (exact) mass is 197 g/mol. The number of hydrogen-bond donors (Lipinski definition) is 0. The van der Waals surface area contributed by atoms with Crippen LogP contribution in [-0.2, 0) is 6.42 Å². The Hall–Kier alpha value is -2.01. The summed E-state index contributed by atoms with van der Waals surface area (Å²) < 4.78 is 5.28. The van der Waals surface area contributed by atoms with Gasteiger partial charge in [-0.15, -0.1) is 0 Å². The van der Waals surface area contributed by atoms with Gasteiger partial charge in [-0.25, -0.2) is 0 Å². The van der Waals surface area contributed by atoms with Gasteiger partial charge in [0.15, 0.2) is 0 Å². The lowest BCUT2D eigenvalue weighted by Gasteiger charge is -2.02. The summed E-state index contributed by atoms with van der Waals surface area (Å²) >= 11 is 0. The maximum Gasteiger partial charge on any atom is 0.135 e. The second kappa shape index (κ2) is 4.02. The fourth-order valence-electron chi connectivity index (χ4n) is 1.55. The minimum Gasteiger partial charge on any atom is -0.464 e. The highest BCUT2D eigenvalue weighted by atomic mass is 16.3. The molecule has 0 spiro atoms. The Balaban J connectivity index is 2.54. The lowest BCUT2D eigenvalue weighted by molar-refractivity contribution is 0.582. The molecule has 2 nitrogen and oxygen atoms in total. The standard InChI is InChI=1S/C13H11NO/c1-2-10-5-6-12(11(8-10)9-14)13-4-3-7-15-13/h3-8H,2H2,1H3. The molecular formula is C13H11NO. The summed E-state index contributed by atoms with van der Waals surface area (Å²) in [5, 5.41) is 9.05. The van der Waals surface area contributed by atoms with Crippen molar-refractivity contribution in [1.29, 1.82) is 5.26 Å². The maximum absolute atomic E-state index is 9.05. The van der Waals surface area contributed by atoms with Gasteiger partial charge in [0.05, 0.1) is 17.9 Å². The molecule has 0 saturated carbocycles. The quantitative estimate of drug-likeness (QED) is 0.740. The predicted molar refractivity (Wildman–Crippen MR) is 58.2 cm³/mol. The summed E-state index contributed by atoms with van der Waals surface area (Å²) in [6, 6.07) is 11.8. The largest absolute Gasteiger partial charge is 0.464 e. The minimum atomic E-state index is 0.671. The molecule has 1 heterocycles. The van der Waals surface area contributed by atoms with E-state index in [0.29, 0.717) is 5.56 Å². The topological polar surface area (TPSA) is 36.9 Å². The van der Waals surface area contributed by atoms with Gasteiger partial charge < -0.3 is 4.42 Å². The van der Waals surface area contributed by atoms with Crippen LogP contribution in [0, 0.1) is 11.3 Å². The van der Waals surface area contributed by atoms with E-state index in [-0.39, 0.29) is 0 Å².